The van der Waals surface area contributed by atoms with Crippen LogP contribution in [0.3, 0.4) is 0 Å². The summed E-state index contributed by atoms with van der Waals surface area (Å²) in [4.78, 5) is 13.4. The molecule has 12 nitrogen and oxygen atoms in total. The molecule has 6 fully saturated rings. The van der Waals surface area contributed by atoms with E-state index in [2.05, 4.69) is 33.0 Å². The predicted octanol–water partition coefficient (Wildman–Crippen LogP) is 12.2. The molecular formula is C69H95NO11. The van der Waals surface area contributed by atoms with Crippen molar-refractivity contribution in [2.75, 3.05) is 19.8 Å². The lowest BCUT2D eigenvalue weighted by molar-refractivity contribution is -0.363. The van der Waals surface area contributed by atoms with Crippen LogP contribution in [-0.2, 0) is 69.1 Å². The summed E-state index contributed by atoms with van der Waals surface area (Å²) < 4.78 is 55.0. The number of ether oxygens (including phenoxy) is 8. The molecule has 4 aliphatic carbocycles. The first-order chi connectivity index (χ1) is 39.4. The van der Waals surface area contributed by atoms with Crippen LogP contribution in [-0.4, -0.2) is 97.3 Å². The number of rotatable bonds is 25. The Morgan fingerprint density at radius 3 is 1.64 bits per heavy atom. The van der Waals surface area contributed by atoms with E-state index in [1.807, 2.05) is 121 Å². The molecule has 19 atom stereocenters. The minimum atomic E-state index is -1.24. The van der Waals surface area contributed by atoms with E-state index in [0.717, 1.165) is 64.7 Å². The molecule has 2 aliphatic heterocycles. The molecule has 0 spiro atoms. The van der Waals surface area contributed by atoms with Gasteiger partial charge in [0, 0.05) is 6.92 Å². The highest BCUT2D eigenvalue weighted by Crippen LogP contribution is 2.68. The van der Waals surface area contributed by atoms with Crippen LogP contribution in [0.1, 0.15) is 140 Å². The van der Waals surface area contributed by atoms with E-state index in [-0.39, 0.29) is 38.3 Å². The number of hydrogen-bond acceptors (Lipinski definition) is 11. The maximum absolute atomic E-state index is 13.4. The van der Waals surface area contributed by atoms with Crippen LogP contribution in [0.4, 0.5) is 0 Å². The van der Waals surface area contributed by atoms with Crippen molar-refractivity contribution in [2.45, 2.75) is 206 Å². The molecule has 2 heterocycles. The third kappa shape index (κ3) is 14.2. The van der Waals surface area contributed by atoms with Crippen molar-refractivity contribution in [1.29, 1.82) is 0 Å². The van der Waals surface area contributed by atoms with Gasteiger partial charge in [-0.2, -0.15) is 0 Å². The summed E-state index contributed by atoms with van der Waals surface area (Å²) in [5.41, 5.74) is 4.71. The van der Waals surface area contributed by atoms with Crippen LogP contribution < -0.4 is 5.32 Å². The fourth-order valence-corrected chi connectivity index (χ4v) is 16.5. The van der Waals surface area contributed by atoms with Crippen molar-refractivity contribution >= 4 is 5.91 Å². The van der Waals surface area contributed by atoms with E-state index >= 15 is 0 Å². The van der Waals surface area contributed by atoms with Crippen molar-refractivity contribution in [3.8, 4) is 0 Å². The molecule has 0 aromatic heterocycles. The monoisotopic (exact) mass is 1110 g/mol. The van der Waals surface area contributed by atoms with E-state index < -0.39 is 74.6 Å². The van der Waals surface area contributed by atoms with Gasteiger partial charge in [0.15, 0.2) is 12.6 Å². The lowest BCUT2D eigenvalue weighted by atomic mass is 9.44. The van der Waals surface area contributed by atoms with Crippen molar-refractivity contribution in [1.82, 2.24) is 5.32 Å². The zero-order chi connectivity index (χ0) is 56.3. The van der Waals surface area contributed by atoms with Crippen molar-refractivity contribution < 1.29 is 52.9 Å². The Balaban J connectivity index is 0.875. The Morgan fingerprint density at radius 1 is 0.568 bits per heavy atom. The standard InChI is InChI=1S/C69H95NO11/c1-46(21-20-22-47(2)55-34-35-56-54-33-32-53-31-18-19-37-68(53,4)57(54)36-38-69(55,56)5)41-78-67-65(77-45-52-29-16-9-17-30-52)64(62(59(40-72)80-67)75-43-50-25-12-7-13-26-50)81-66-60(70-48(3)73)63(76-44-51-27-14-8-15-28-51)61(58(39-71)79-66)74-42-49-23-10-6-11-24-49/h6-17,23-30,46-47,53-67,71-72H,18-22,31-45H2,1-5H3,(H,70,73)/t46?,47-,53?,54+,55-,56+,57+,58-,59-,60-,61-,62+,63-,64+,65-,66+,67-,68+,69-/m1/s1. The zero-order valence-corrected chi connectivity index (χ0v) is 49.1. The van der Waals surface area contributed by atoms with Gasteiger partial charge in [-0.05, 0) is 132 Å². The van der Waals surface area contributed by atoms with Crippen molar-refractivity contribution in [3.05, 3.63) is 144 Å². The summed E-state index contributed by atoms with van der Waals surface area (Å²) in [5.74, 6) is 4.99. The first-order valence-corrected chi connectivity index (χ1v) is 31.1. The molecule has 0 bridgehead atoms. The highest BCUT2D eigenvalue weighted by molar-refractivity contribution is 5.73. The van der Waals surface area contributed by atoms with E-state index in [0.29, 0.717) is 23.4 Å². The highest BCUT2D eigenvalue weighted by Gasteiger charge is 2.60. The van der Waals surface area contributed by atoms with Gasteiger partial charge in [0.25, 0.3) is 0 Å². The average molecular weight is 1110 g/mol. The Morgan fingerprint density at radius 2 is 1.09 bits per heavy atom. The van der Waals surface area contributed by atoms with Gasteiger partial charge in [0.05, 0.1) is 46.2 Å². The number of amides is 1. The number of fused-ring (bicyclic) bond motifs is 5. The lowest BCUT2D eigenvalue weighted by Gasteiger charge is -2.61. The van der Waals surface area contributed by atoms with Gasteiger partial charge in [0.1, 0.15) is 48.8 Å². The Kier molecular flexibility index (Phi) is 20.9. The van der Waals surface area contributed by atoms with Gasteiger partial charge >= 0.3 is 0 Å². The summed E-state index contributed by atoms with van der Waals surface area (Å²) in [6.07, 6.45) is 9.05. The molecule has 0 radical (unpaired) electrons. The van der Waals surface area contributed by atoms with Crippen LogP contribution in [0.15, 0.2) is 121 Å². The maximum atomic E-state index is 13.4. The number of benzene rings is 4. The molecule has 4 aromatic carbocycles. The van der Waals surface area contributed by atoms with E-state index in [1.165, 1.54) is 77.6 Å². The van der Waals surface area contributed by atoms with Gasteiger partial charge in [-0.3, -0.25) is 4.79 Å². The van der Waals surface area contributed by atoms with Crippen molar-refractivity contribution in [3.63, 3.8) is 0 Å². The van der Waals surface area contributed by atoms with Crippen LogP contribution in [0.25, 0.3) is 0 Å². The summed E-state index contributed by atoms with van der Waals surface area (Å²) in [7, 11) is 0. The van der Waals surface area contributed by atoms with Crippen LogP contribution >= 0.6 is 0 Å². The number of aliphatic hydroxyl groups excluding tert-OH is 2. The second-order valence-corrected chi connectivity index (χ2v) is 25.8. The maximum Gasteiger partial charge on any atom is 0.217 e. The predicted molar refractivity (Wildman–Crippen MR) is 312 cm³/mol. The average Bonchev–Trinajstić information content (AvgIpc) is 4.07. The van der Waals surface area contributed by atoms with Gasteiger partial charge in [-0.15, -0.1) is 0 Å². The SMILES string of the molecule is CC(=O)N[C@H]1[C@H](O[C@H]2[C@@H](OCc3ccccc3)[C@@H](CO)O[C@@H](OCC(C)CCC[C@@H](C)[C@H]3CC[C@H]4[C@@H]5CCC6CCCC[C@]6(C)[C@H]5CC[C@]34C)[C@@H]2OCc2ccccc2)O[C@H](CO)[C@@H](OCc2ccccc2)[C@@H]1OCc1ccccc1. The Bertz CT molecular complexity index is 2510. The molecule has 4 saturated carbocycles. The topological polar surface area (TPSA) is 143 Å². The second-order valence-electron chi connectivity index (χ2n) is 25.8. The second kappa shape index (κ2) is 28.2. The van der Waals surface area contributed by atoms with E-state index in [1.54, 1.807) is 0 Å². The van der Waals surface area contributed by atoms with E-state index in [9.17, 15) is 15.0 Å². The van der Waals surface area contributed by atoms with Crippen LogP contribution in [0.2, 0.25) is 0 Å². The third-order valence-electron chi connectivity index (χ3n) is 20.6. The molecule has 81 heavy (non-hydrogen) atoms. The Labute approximate surface area is 483 Å². The van der Waals surface area contributed by atoms with Gasteiger partial charge in [0.2, 0.25) is 5.91 Å². The number of carbonyl (C=O) groups is 1. The number of aliphatic hydroxyl groups is 2. The minimum absolute atomic E-state index is 0.178. The fraction of sp³-hybridized carbons (Fsp3) is 0.638. The molecule has 3 N–H and O–H groups in total. The minimum Gasteiger partial charge on any atom is -0.394 e. The Hall–Kier alpha value is -4.05. The molecule has 2 unspecified atom stereocenters. The number of carbonyl (C=O) groups excluding carboxylic acids is 1. The molecule has 4 aromatic rings. The number of hydrogen-bond donors (Lipinski definition) is 3. The van der Waals surface area contributed by atoms with Crippen LogP contribution in [0, 0.1) is 52.3 Å². The molecule has 1 amide bonds. The lowest BCUT2D eigenvalue weighted by Crippen LogP contribution is -2.69. The highest BCUT2D eigenvalue weighted by atomic mass is 16.7. The molecule has 2 saturated heterocycles. The van der Waals surface area contributed by atoms with Crippen LogP contribution in [0.5, 0.6) is 0 Å². The molecule has 10 rings (SSSR count). The molecule has 6 aliphatic rings. The molecule has 442 valence electrons. The fourth-order valence-electron chi connectivity index (χ4n) is 16.5. The van der Waals surface area contributed by atoms with Gasteiger partial charge in [-0.1, -0.05) is 175 Å². The summed E-state index contributed by atoms with van der Waals surface area (Å²) in [6, 6.07) is 38.4. The molecule has 12 heteroatoms. The van der Waals surface area contributed by atoms with Crippen molar-refractivity contribution in [2.24, 2.45) is 52.3 Å². The quantitative estimate of drug-likeness (QED) is 0.0583. The van der Waals surface area contributed by atoms with Gasteiger partial charge < -0.3 is 53.4 Å². The molecular weight excluding hydrogens is 1020 g/mol. The third-order valence-corrected chi connectivity index (χ3v) is 20.6. The summed E-state index contributed by atoms with van der Waals surface area (Å²) in [6.45, 7) is 12.0. The smallest absolute Gasteiger partial charge is 0.217 e. The summed E-state index contributed by atoms with van der Waals surface area (Å²) >= 11 is 0. The number of nitrogens with one attached hydrogen (secondary N) is 1. The normalized spacial score (nSPS) is 35.5. The summed E-state index contributed by atoms with van der Waals surface area (Å²) in [5, 5.41) is 25.6. The zero-order valence-electron chi connectivity index (χ0n) is 49.1. The first-order valence-electron chi connectivity index (χ1n) is 31.1. The first kappa shape index (κ1) is 60.1. The van der Waals surface area contributed by atoms with E-state index in [4.69, 9.17) is 37.9 Å². The largest absolute Gasteiger partial charge is 0.394 e. The van der Waals surface area contributed by atoms with Gasteiger partial charge in [-0.25, -0.2) is 0 Å².